The standard InChI is InChI=1S/C16H26N2O5S/c1-11(2)17-16(19)18(12(3)4)10-13-7-8-14(22-5)15(9-13)23-24(6,20)21/h7-9,11-12H,10H2,1-6H3,(H,17,19). The quantitative estimate of drug-likeness (QED) is 0.756. The topological polar surface area (TPSA) is 84.9 Å². The van der Waals surface area contributed by atoms with Crippen LogP contribution in [0.25, 0.3) is 0 Å². The third-order valence-corrected chi connectivity index (χ3v) is 3.60. The maximum absolute atomic E-state index is 12.3. The zero-order valence-corrected chi connectivity index (χ0v) is 15.8. The highest BCUT2D eigenvalue weighted by molar-refractivity contribution is 7.86. The van der Waals surface area contributed by atoms with Crippen molar-refractivity contribution in [3.63, 3.8) is 0 Å². The minimum absolute atomic E-state index is 0.0230. The average molecular weight is 358 g/mol. The third kappa shape index (κ3) is 6.27. The van der Waals surface area contributed by atoms with Crippen molar-refractivity contribution in [2.45, 2.75) is 46.3 Å². The van der Waals surface area contributed by atoms with Gasteiger partial charge in [-0.25, -0.2) is 4.79 Å². The van der Waals surface area contributed by atoms with Gasteiger partial charge in [0.2, 0.25) is 0 Å². The predicted molar refractivity (Wildman–Crippen MR) is 92.8 cm³/mol. The molecule has 0 aliphatic rings. The Hall–Kier alpha value is -1.96. The molecule has 0 aromatic heterocycles. The van der Waals surface area contributed by atoms with Crippen molar-refractivity contribution in [1.29, 1.82) is 0 Å². The van der Waals surface area contributed by atoms with E-state index in [4.69, 9.17) is 8.92 Å². The number of nitrogens with one attached hydrogen (secondary N) is 1. The maximum Gasteiger partial charge on any atom is 0.318 e. The number of carbonyl (C=O) groups excluding carboxylic acids is 1. The van der Waals surface area contributed by atoms with E-state index >= 15 is 0 Å². The van der Waals surface area contributed by atoms with Crippen LogP contribution in [0.3, 0.4) is 0 Å². The van der Waals surface area contributed by atoms with E-state index in [-0.39, 0.29) is 23.9 Å². The summed E-state index contributed by atoms with van der Waals surface area (Å²) in [5.74, 6) is 0.414. The van der Waals surface area contributed by atoms with Crippen LogP contribution in [0.15, 0.2) is 18.2 Å². The van der Waals surface area contributed by atoms with Gasteiger partial charge in [0.15, 0.2) is 11.5 Å². The summed E-state index contributed by atoms with van der Waals surface area (Å²) in [5, 5.41) is 2.86. The molecule has 0 radical (unpaired) electrons. The lowest BCUT2D eigenvalue weighted by molar-refractivity contribution is 0.177. The minimum atomic E-state index is -3.68. The highest BCUT2D eigenvalue weighted by Crippen LogP contribution is 2.29. The predicted octanol–water partition coefficient (Wildman–Crippen LogP) is 2.36. The van der Waals surface area contributed by atoms with Gasteiger partial charge < -0.3 is 19.1 Å². The second-order valence-corrected chi connectivity index (χ2v) is 7.67. The van der Waals surface area contributed by atoms with Gasteiger partial charge >= 0.3 is 16.1 Å². The van der Waals surface area contributed by atoms with Crippen molar-refractivity contribution in [3.8, 4) is 11.5 Å². The summed E-state index contributed by atoms with van der Waals surface area (Å²) in [6.07, 6.45) is 0.968. The van der Waals surface area contributed by atoms with Crippen LogP contribution in [0.4, 0.5) is 4.79 Å². The SMILES string of the molecule is COc1ccc(CN(C(=O)NC(C)C)C(C)C)cc1OS(C)(=O)=O. The lowest BCUT2D eigenvalue weighted by atomic mass is 10.1. The van der Waals surface area contributed by atoms with Crippen LogP contribution in [-0.2, 0) is 16.7 Å². The summed E-state index contributed by atoms with van der Waals surface area (Å²) in [4.78, 5) is 14.0. The molecule has 0 atom stereocenters. The van der Waals surface area contributed by atoms with Gasteiger partial charge in [-0.3, -0.25) is 0 Å². The Kier molecular flexibility index (Phi) is 6.89. The molecule has 0 unspecified atom stereocenters. The molecule has 1 rings (SSSR count). The monoisotopic (exact) mass is 358 g/mol. The normalized spacial score (nSPS) is 11.5. The van der Waals surface area contributed by atoms with Crippen LogP contribution < -0.4 is 14.2 Å². The zero-order chi connectivity index (χ0) is 18.5. The fourth-order valence-electron chi connectivity index (χ4n) is 2.06. The number of rotatable bonds is 7. The second kappa shape index (κ2) is 8.23. The van der Waals surface area contributed by atoms with Crippen molar-refractivity contribution in [2.75, 3.05) is 13.4 Å². The summed E-state index contributed by atoms with van der Waals surface area (Å²) in [6.45, 7) is 7.93. The second-order valence-electron chi connectivity index (χ2n) is 6.10. The lowest BCUT2D eigenvalue weighted by Gasteiger charge is -2.28. The summed E-state index contributed by atoms with van der Waals surface area (Å²) in [7, 11) is -2.25. The number of carbonyl (C=O) groups is 1. The van der Waals surface area contributed by atoms with Crippen LogP contribution in [0.1, 0.15) is 33.3 Å². The first kappa shape index (κ1) is 20.1. The molecule has 0 saturated heterocycles. The fraction of sp³-hybridized carbons (Fsp3) is 0.562. The Morgan fingerprint density at radius 1 is 1.21 bits per heavy atom. The Balaban J connectivity index is 3.07. The largest absolute Gasteiger partial charge is 0.493 e. The summed E-state index contributed by atoms with van der Waals surface area (Å²) < 4.78 is 32.9. The Bertz CT molecular complexity index is 671. The molecule has 0 fully saturated rings. The van der Waals surface area contributed by atoms with Gasteiger partial charge in [-0.05, 0) is 45.4 Å². The molecule has 0 aliphatic heterocycles. The molecule has 136 valence electrons. The van der Waals surface area contributed by atoms with Gasteiger partial charge in [0, 0.05) is 18.6 Å². The molecule has 0 saturated carbocycles. The molecule has 8 heteroatoms. The molecule has 7 nitrogen and oxygen atoms in total. The van der Waals surface area contributed by atoms with Crippen molar-refractivity contribution < 1.29 is 22.1 Å². The number of benzene rings is 1. The highest BCUT2D eigenvalue weighted by atomic mass is 32.2. The number of nitrogens with zero attached hydrogens (tertiary/aromatic N) is 1. The average Bonchev–Trinajstić information content (AvgIpc) is 2.42. The number of methoxy groups -OCH3 is 1. The Morgan fingerprint density at radius 2 is 1.83 bits per heavy atom. The Labute approximate surface area is 144 Å². The molecule has 2 amide bonds. The van der Waals surface area contributed by atoms with E-state index < -0.39 is 10.1 Å². The van der Waals surface area contributed by atoms with Crippen LogP contribution in [0.5, 0.6) is 11.5 Å². The van der Waals surface area contributed by atoms with E-state index in [0.717, 1.165) is 11.8 Å². The van der Waals surface area contributed by atoms with Crippen LogP contribution >= 0.6 is 0 Å². The molecule has 1 aromatic carbocycles. The molecule has 0 spiro atoms. The van der Waals surface area contributed by atoms with E-state index in [1.54, 1.807) is 23.1 Å². The first-order valence-corrected chi connectivity index (χ1v) is 9.48. The third-order valence-electron chi connectivity index (χ3n) is 3.12. The van der Waals surface area contributed by atoms with Gasteiger partial charge in [-0.2, -0.15) is 8.42 Å². The minimum Gasteiger partial charge on any atom is -0.493 e. The lowest BCUT2D eigenvalue weighted by Crippen LogP contribution is -2.45. The van der Waals surface area contributed by atoms with Crippen LogP contribution in [0.2, 0.25) is 0 Å². The molecule has 0 bridgehead atoms. The molecule has 0 aliphatic carbocycles. The van der Waals surface area contributed by atoms with Crippen molar-refractivity contribution >= 4 is 16.1 Å². The van der Waals surface area contributed by atoms with Gasteiger partial charge in [0.1, 0.15) is 0 Å². The molecular weight excluding hydrogens is 332 g/mol. The number of urea groups is 1. The van der Waals surface area contributed by atoms with Crippen LogP contribution in [-0.4, -0.2) is 44.8 Å². The van der Waals surface area contributed by atoms with Crippen LogP contribution in [0, 0.1) is 0 Å². The van der Waals surface area contributed by atoms with E-state index in [1.165, 1.54) is 7.11 Å². The van der Waals surface area contributed by atoms with Crippen molar-refractivity contribution in [2.24, 2.45) is 0 Å². The molecule has 0 heterocycles. The number of ether oxygens (including phenoxy) is 1. The molecule has 1 N–H and O–H groups in total. The van der Waals surface area contributed by atoms with Crippen molar-refractivity contribution in [3.05, 3.63) is 23.8 Å². The van der Waals surface area contributed by atoms with E-state index in [2.05, 4.69) is 5.32 Å². The first-order valence-electron chi connectivity index (χ1n) is 7.67. The van der Waals surface area contributed by atoms with E-state index in [1.807, 2.05) is 27.7 Å². The highest BCUT2D eigenvalue weighted by Gasteiger charge is 2.19. The van der Waals surface area contributed by atoms with Crippen molar-refractivity contribution in [1.82, 2.24) is 10.2 Å². The fourth-order valence-corrected chi connectivity index (χ4v) is 2.52. The summed E-state index contributed by atoms with van der Waals surface area (Å²) in [5.41, 5.74) is 0.738. The number of hydrogen-bond donors (Lipinski definition) is 1. The molecule has 24 heavy (non-hydrogen) atoms. The van der Waals surface area contributed by atoms with Gasteiger partial charge in [-0.15, -0.1) is 0 Å². The maximum atomic E-state index is 12.3. The van der Waals surface area contributed by atoms with Gasteiger partial charge in [-0.1, -0.05) is 6.07 Å². The van der Waals surface area contributed by atoms with E-state index in [9.17, 15) is 13.2 Å². The molecular formula is C16H26N2O5S. The van der Waals surface area contributed by atoms with Gasteiger partial charge in [0.25, 0.3) is 0 Å². The zero-order valence-electron chi connectivity index (χ0n) is 15.0. The number of amides is 2. The number of hydrogen-bond acceptors (Lipinski definition) is 5. The summed E-state index contributed by atoms with van der Waals surface area (Å²) in [6, 6.07) is 4.78. The Morgan fingerprint density at radius 3 is 2.29 bits per heavy atom. The molecule has 1 aromatic rings. The first-order chi connectivity index (χ1) is 11.0. The van der Waals surface area contributed by atoms with E-state index in [0.29, 0.717) is 12.3 Å². The summed E-state index contributed by atoms with van der Waals surface area (Å²) >= 11 is 0. The smallest absolute Gasteiger partial charge is 0.318 e. The van der Waals surface area contributed by atoms with Gasteiger partial charge in [0.05, 0.1) is 13.4 Å².